The first-order valence-corrected chi connectivity index (χ1v) is 12.1. The predicted octanol–water partition coefficient (Wildman–Crippen LogP) is 1.95. The number of anilines is 1. The zero-order valence-electron chi connectivity index (χ0n) is 17.4. The van der Waals surface area contributed by atoms with Crippen LogP contribution in [0, 0.1) is 5.92 Å². The molecule has 0 radical (unpaired) electrons. The fourth-order valence-electron chi connectivity index (χ4n) is 5.04. The number of aryl methyl sites for hydroxylation is 1. The molecule has 1 saturated carbocycles. The number of quaternary nitrogens is 1. The van der Waals surface area contributed by atoms with E-state index in [0.29, 0.717) is 6.04 Å². The Bertz CT molecular complexity index is 856. The van der Waals surface area contributed by atoms with Crippen molar-refractivity contribution in [2.45, 2.75) is 70.6 Å². The van der Waals surface area contributed by atoms with Crippen LogP contribution in [0.5, 0.6) is 0 Å². The molecule has 2 fully saturated rings. The Hall–Kier alpha value is -1.28. The average Bonchev–Trinajstić information content (AvgIpc) is 3.08. The molecule has 0 spiro atoms. The van der Waals surface area contributed by atoms with Gasteiger partial charge in [0, 0.05) is 10.9 Å². The van der Waals surface area contributed by atoms with E-state index >= 15 is 0 Å². The normalized spacial score (nSPS) is 28.4. The molecule has 158 valence electrons. The van der Waals surface area contributed by atoms with Crippen molar-refractivity contribution in [3.63, 3.8) is 0 Å². The van der Waals surface area contributed by atoms with Gasteiger partial charge in [0.15, 0.2) is 5.82 Å². The third-order valence-corrected chi connectivity index (χ3v) is 8.00. The fourth-order valence-corrected chi connectivity index (χ4v) is 6.45. The van der Waals surface area contributed by atoms with Crippen LogP contribution < -0.4 is 10.2 Å². The minimum absolute atomic E-state index is 0.130. The lowest BCUT2D eigenvalue weighted by atomic mass is 9.89. The molecular weight excluding hydrogens is 384 g/mol. The van der Waals surface area contributed by atoms with Gasteiger partial charge in [-0.05, 0) is 56.4 Å². The third kappa shape index (κ3) is 4.29. The SMILES string of the molecule is C[C@@H]1CCc2c(sc3nc(C[NH+]4CCOCC4)nc(NC4CCC(O)CC4)c23)C1. The summed E-state index contributed by atoms with van der Waals surface area (Å²) in [5.74, 6) is 2.77. The number of ether oxygens (including phenoxy) is 1. The molecule has 0 amide bonds. The smallest absolute Gasteiger partial charge is 0.187 e. The second kappa shape index (κ2) is 8.46. The summed E-state index contributed by atoms with van der Waals surface area (Å²) in [6.45, 7) is 6.96. The van der Waals surface area contributed by atoms with E-state index in [2.05, 4.69) is 12.2 Å². The van der Waals surface area contributed by atoms with E-state index in [0.717, 1.165) is 82.5 Å². The van der Waals surface area contributed by atoms with Gasteiger partial charge in [-0.25, -0.2) is 9.97 Å². The van der Waals surface area contributed by atoms with E-state index in [-0.39, 0.29) is 6.10 Å². The van der Waals surface area contributed by atoms with E-state index in [1.165, 1.54) is 38.4 Å². The minimum atomic E-state index is -0.130. The highest BCUT2D eigenvalue weighted by Gasteiger charge is 2.27. The van der Waals surface area contributed by atoms with Gasteiger partial charge >= 0.3 is 0 Å². The number of aliphatic hydroxyl groups is 1. The molecule has 0 bridgehead atoms. The molecule has 3 heterocycles. The van der Waals surface area contributed by atoms with E-state index in [1.807, 2.05) is 11.3 Å². The van der Waals surface area contributed by atoms with Crippen LogP contribution in [0.15, 0.2) is 0 Å². The first-order chi connectivity index (χ1) is 14.2. The first-order valence-electron chi connectivity index (χ1n) is 11.3. The van der Waals surface area contributed by atoms with E-state index in [9.17, 15) is 5.11 Å². The molecule has 0 aromatic carbocycles. The van der Waals surface area contributed by atoms with Gasteiger partial charge in [0.1, 0.15) is 30.3 Å². The zero-order valence-corrected chi connectivity index (χ0v) is 18.2. The Labute approximate surface area is 176 Å². The van der Waals surface area contributed by atoms with Crippen LogP contribution in [0.2, 0.25) is 0 Å². The Morgan fingerprint density at radius 2 is 1.93 bits per heavy atom. The molecule has 29 heavy (non-hydrogen) atoms. The summed E-state index contributed by atoms with van der Waals surface area (Å²) in [7, 11) is 0. The fraction of sp³-hybridized carbons (Fsp3) is 0.727. The molecule has 5 rings (SSSR count). The molecule has 1 atom stereocenters. The molecular formula is C22H33N4O2S+. The van der Waals surface area contributed by atoms with Crippen molar-refractivity contribution in [2.24, 2.45) is 5.92 Å². The van der Waals surface area contributed by atoms with Crippen molar-refractivity contribution < 1.29 is 14.7 Å². The lowest BCUT2D eigenvalue weighted by Crippen LogP contribution is -3.12. The maximum atomic E-state index is 9.88. The van der Waals surface area contributed by atoms with E-state index in [1.54, 1.807) is 0 Å². The van der Waals surface area contributed by atoms with E-state index < -0.39 is 0 Å². The topological polar surface area (TPSA) is 71.7 Å². The number of rotatable bonds is 4. The van der Waals surface area contributed by atoms with Crippen LogP contribution in [-0.4, -0.2) is 53.5 Å². The molecule has 3 N–H and O–H groups in total. The highest BCUT2D eigenvalue weighted by atomic mass is 32.1. The maximum Gasteiger partial charge on any atom is 0.187 e. The number of nitrogens with one attached hydrogen (secondary N) is 2. The number of hydrogen-bond donors (Lipinski definition) is 3. The molecule has 6 nitrogen and oxygen atoms in total. The number of aromatic nitrogens is 2. The summed E-state index contributed by atoms with van der Waals surface area (Å²) in [5, 5.41) is 14.9. The number of morpholine rings is 1. The molecule has 2 aliphatic carbocycles. The van der Waals surface area contributed by atoms with Crippen LogP contribution in [0.3, 0.4) is 0 Å². The predicted molar refractivity (Wildman–Crippen MR) is 116 cm³/mol. The summed E-state index contributed by atoms with van der Waals surface area (Å²) in [6.07, 6.45) is 7.25. The van der Waals surface area contributed by atoms with Crippen molar-refractivity contribution in [1.29, 1.82) is 0 Å². The second-order valence-corrected chi connectivity index (χ2v) is 10.3. The Morgan fingerprint density at radius 3 is 2.72 bits per heavy atom. The van der Waals surface area contributed by atoms with Crippen LogP contribution in [0.25, 0.3) is 10.2 Å². The Morgan fingerprint density at radius 1 is 1.14 bits per heavy atom. The minimum Gasteiger partial charge on any atom is -0.393 e. The summed E-state index contributed by atoms with van der Waals surface area (Å²) in [4.78, 5) is 14.3. The molecule has 2 aromatic rings. The van der Waals surface area contributed by atoms with Gasteiger partial charge in [0.2, 0.25) is 0 Å². The van der Waals surface area contributed by atoms with Gasteiger partial charge in [0.05, 0.1) is 24.7 Å². The lowest BCUT2D eigenvalue weighted by Gasteiger charge is -2.27. The van der Waals surface area contributed by atoms with Crippen molar-refractivity contribution >= 4 is 27.4 Å². The quantitative estimate of drug-likeness (QED) is 0.709. The third-order valence-electron chi connectivity index (χ3n) is 6.85. The molecule has 1 saturated heterocycles. The Balaban J connectivity index is 1.48. The molecule has 2 aromatic heterocycles. The second-order valence-electron chi connectivity index (χ2n) is 9.21. The number of fused-ring (bicyclic) bond motifs is 3. The van der Waals surface area contributed by atoms with Crippen molar-refractivity contribution in [1.82, 2.24) is 9.97 Å². The largest absolute Gasteiger partial charge is 0.393 e. The van der Waals surface area contributed by atoms with Gasteiger partial charge in [0.25, 0.3) is 0 Å². The first kappa shape index (κ1) is 19.7. The van der Waals surface area contributed by atoms with Gasteiger partial charge in [-0.15, -0.1) is 11.3 Å². The van der Waals surface area contributed by atoms with Crippen molar-refractivity contribution in [3.8, 4) is 0 Å². The van der Waals surface area contributed by atoms with E-state index in [4.69, 9.17) is 14.7 Å². The maximum absolute atomic E-state index is 9.88. The lowest BCUT2D eigenvalue weighted by molar-refractivity contribution is -0.922. The summed E-state index contributed by atoms with van der Waals surface area (Å²) < 4.78 is 5.51. The van der Waals surface area contributed by atoms with Gasteiger partial charge in [-0.3, -0.25) is 0 Å². The van der Waals surface area contributed by atoms with Crippen LogP contribution >= 0.6 is 11.3 Å². The number of hydrogen-bond acceptors (Lipinski definition) is 6. The average molecular weight is 418 g/mol. The van der Waals surface area contributed by atoms with Gasteiger partial charge in [-0.2, -0.15) is 0 Å². The summed E-state index contributed by atoms with van der Waals surface area (Å²) >= 11 is 1.89. The number of thiophene rings is 1. The molecule has 7 heteroatoms. The summed E-state index contributed by atoms with van der Waals surface area (Å²) in [6, 6.07) is 0.401. The highest BCUT2D eigenvalue weighted by molar-refractivity contribution is 7.19. The molecule has 0 unspecified atom stereocenters. The van der Waals surface area contributed by atoms with Crippen molar-refractivity contribution in [2.75, 3.05) is 31.6 Å². The summed E-state index contributed by atoms with van der Waals surface area (Å²) in [5.41, 5.74) is 1.49. The molecule has 3 aliphatic rings. The van der Waals surface area contributed by atoms with Crippen LogP contribution in [0.1, 0.15) is 55.3 Å². The number of nitrogens with zero attached hydrogens (tertiary/aromatic N) is 2. The monoisotopic (exact) mass is 417 g/mol. The number of aliphatic hydroxyl groups excluding tert-OH is 1. The van der Waals surface area contributed by atoms with Gasteiger partial charge in [-0.1, -0.05) is 6.92 Å². The van der Waals surface area contributed by atoms with Gasteiger partial charge < -0.3 is 20.1 Å². The Kier molecular flexibility index (Phi) is 5.74. The van der Waals surface area contributed by atoms with Crippen molar-refractivity contribution in [3.05, 3.63) is 16.3 Å². The molecule has 1 aliphatic heterocycles. The van der Waals surface area contributed by atoms with Crippen LogP contribution in [-0.2, 0) is 24.1 Å². The van der Waals surface area contributed by atoms with Crippen LogP contribution in [0.4, 0.5) is 5.82 Å². The standard InChI is InChI=1S/C22H32N4O2S/c1-14-2-7-17-18(12-14)29-22-20(17)21(23-15-3-5-16(27)6-4-15)24-19(25-22)13-26-8-10-28-11-9-26/h14-16,27H,2-13H2,1H3,(H,23,24,25)/p+1/t14-,15?,16?/m1/s1. The zero-order chi connectivity index (χ0) is 19.8. The highest BCUT2D eigenvalue weighted by Crippen LogP contribution is 2.40.